The second-order valence-corrected chi connectivity index (χ2v) is 6.36. The lowest BCUT2D eigenvalue weighted by Gasteiger charge is -2.15. The van der Waals surface area contributed by atoms with E-state index in [4.69, 9.17) is 16.3 Å². The molecule has 0 bridgehead atoms. The highest BCUT2D eigenvalue weighted by atomic mass is 35.5. The average molecular weight is 337 g/mol. The molecule has 2 aromatic rings. The number of thioether (sulfide) groups is 1. The SMILES string of the molecule is CCOc1ccccc1C[C@@H](Sc1ccc(Cl)cc1)C(=O)O. The summed E-state index contributed by atoms with van der Waals surface area (Å²) < 4.78 is 5.56. The Kier molecular flexibility index (Phi) is 6.16. The quantitative estimate of drug-likeness (QED) is 0.755. The van der Waals surface area contributed by atoms with Crippen molar-refractivity contribution in [2.45, 2.75) is 23.5 Å². The van der Waals surface area contributed by atoms with Crippen LogP contribution in [0.3, 0.4) is 0 Å². The zero-order valence-corrected chi connectivity index (χ0v) is 13.7. The van der Waals surface area contributed by atoms with Crippen LogP contribution in [0.15, 0.2) is 53.4 Å². The molecule has 0 amide bonds. The molecule has 0 unspecified atom stereocenters. The molecule has 0 spiro atoms. The summed E-state index contributed by atoms with van der Waals surface area (Å²) in [6.45, 7) is 2.47. The minimum Gasteiger partial charge on any atom is -0.494 e. The van der Waals surface area contributed by atoms with Gasteiger partial charge < -0.3 is 9.84 Å². The van der Waals surface area contributed by atoms with Crippen LogP contribution < -0.4 is 4.74 Å². The molecule has 0 aliphatic heterocycles. The van der Waals surface area contributed by atoms with Crippen LogP contribution in [0.25, 0.3) is 0 Å². The zero-order chi connectivity index (χ0) is 15.9. The maximum atomic E-state index is 11.6. The van der Waals surface area contributed by atoms with Crippen molar-refractivity contribution in [2.24, 2.45) is 0 Å². The third kappa shape index (κ3) is 4.68. The van der Waals surface area contributed by atoms with E-state index in [1.165, 1.54) is 11.8 Å². The Morgan fingerprint density at radius 1 is 1.23 bits per heavy atom. The standard InChI is InChI=1S/C17H17ClO3S/c1-2-21-15-6-4-3-5-12(15)11-16(17(19)20)22-14-9-7-13(18)8-10-14/h3-10,16H,2,11H2,1H3,(H,19,20)/t16-/m1/s1. The monoisotopic (exact) mass is 336 g/mol. The second kappa shape index (κ2) is 8.11. The van der Waals surface area contributed by atoms with Crippen molar-refractivity contribution in [1.29, 1.82) is 0 Å². The van der Waals surface area contributed by atoms with E-state index in [0.717, 1.165) is 16.2 Å². The number of carboxylic acid groups (broad SMARTS) is 1. The third-order valence-corrected chi connectivity index (χ3v) is 4.49. The Balaban J connectivity index is 2.15. The molecule has 0 fully saturated rings. The van der Waals surface area contributed by atoms with Gasteiger partial charge in [0, 0.05) is 9.92 Å². The van der Waals surface area contributed by atoms with E-state index < -0.39 is 11.2 Å². The van der Waals surface area contributed by atoms with Gasteiger partial charge >= 0.3 is 5.97 Å². The maximum absolute atomic E-state index is 11.6. The first-order valence-corrected chi connectivity index (χ1v) is 8.21. The lowest BCUT2D eigenvalue weighted by Crippen LogP contribution is -2.19. The Morgan fingerprint density at radius 2 is 1.91 bits per heavy atom. The first-order chi connectivity index (χ1) is 10.6. The van der Waals surface area contributed by atoms with E-state index >= 15 is 0 Å². The molecule has 0 saturated heterocycles. The molecular weight excluding hydrogens is 320 g/mol. The first-order valence-electron chi connectivity index (χ1n) is 6.96. The Bertz CT molecular complexity index is 628. The van der Waals surface area contributed by atoms with Crippen LogP contribution in [0.5, 0.6) is 5.75 Å². The number of halogens is 1. The van der Waals surface area contributed by atoms with Crippen LogP contribution >= 0.6 is 23.4 Å². The molecule has 1 atom stereocenters. The van der Waals surface area contributed by atoms with E-state index in [2.05, 4.69) is 0 Å². The van der Waals surface area contributed by atoms with Crippen LogP contribution in [0, 0.1) is 0 Å². The van der Waals surface area contributed by atoms with E-state index in [1.54, 1.807) is 12.1 Å². The number of hydrogen-bond donors (Lipinski definition) is 1. The van der Waals surface area contributed by atoms with E-state index in [-0.39, 0.29) is 0 Å². The summed E-state index contributed by atoms with van der Waals surface area (Å²) in [4.78, 5) is 12.4. The summed E-state index contributed by atoms with van der Waals surface area (Å²) in [5.41, 5.74) is 0.901. The fourth-order valence-corrected chi connectivity index (χ4v) is 3.14. The number of rotatable bonds is 7. The van der Waals surface area contributed by atoms with Crippen molar-refractivity contribution in [2.75, 3.05) is 6.61 Å². The largest absolute Gasteiger partial charge is 0.494 e. The molecule has 1 N–H and O–H groups in total. The van der Waals surface area contributed by atoms with Crippen molar-refractivity contribution in [1.82, 2.24) is 0 Å². The molecule has 0 aliphatic carbocycles. The van der Waals surface area contributed by atoms with Gasteiger partial charge in [0.15, 0.2) is 0 Å². The number of benzene rings is 2. The number of aliphatic carboxylic acids is 1. The smallest absolute Gasteiger partial charge is 0.317 e. The minimum absolute atomic E-state index is 0.402. The molecule has 5 heteroatoms. The Morgan fingerprint density at radius 3 is 2.55 bits per heavy atom. The Labute approximate surface area is 139 Å². The van der Waals surface area contributed by atoms with Gasteiger partial charge in [-0.1, -0.05) is 29.8 Å². The predicted molar refractivity (Wildman–Crippen MR) is 90.0 cm³/mol. The van der Waals surface area contributed by atoms with Crippen molar-refractivity contribution >= 4 is 29.3 Å². The molecule has 0 aromatic heterocycles. The summed E-state index contributed by atoms with van der Waals surface area (Å²) in [6, 6.07) is 14.7. The number of para-hydroxylation sites is 1. The van der Waals surface area contributed by atoms with Crippen LogP contribution in [0.2, 0.25) is 5.02 Å². The van der Waals surface area contributed by atoms with Gasteiger partial charge in [-0.05, 0) is 49.2 Å². The zero-order valence-electron chi connectivity index (χ0n) is 12.2. The molecule has 0 heterocycles. The van der Waals surface area contributed by atoms with Gasteiger partial charge in [-0.25, -0.2) is 0 Å². The van der Waals surface area contributed by atoms with E-state index in [9.17, 15) is 9.90 Å². The van der Waals surface area contributed by atoms with Gasteiger partial charge in [-0.15, -0.1) is 11.8 Å². The van der Waals surface area contributed by atoms with Gasteiger partial charge in [0.05, 0.1) is 6.61 Å². The molecule has 2 rings (SSSR count). The highest BCUT2D eigenvalue weighted by Crippen LogP contribution is 2.29. The fourth-order valence-electron chi connectivity index (χ4n) is 2.03. The summed E-state index contributed by atoms with van der Waals surface area (Å²) in [6.07, 6.45) is 0.402. The lowest BCUT2D eigenvalue weighted by atomic mass is 10.1. The number of hydrogen-bond acceptors (Lipinski definition) is 3. The van der Waals surface area contributed by atoms with Gasteiger partial charge in [0.25, 0.3) is 0 Å². The van der Waals surface area contributed by atoms with Gasteiger partial charge in [-0.2, -0.15) is 0 Å². The number of carboxylic acids is 1. The molecular formula is C17H17ClO3S. The summed E-state index contributed by atoms with van der Waals surface area (Å²) in [5.74, 6) is -0.0980. The highest BCUT2D eigenvalue weighted by molar-refractivity contribution is 8.00. The summed E-state index contributed by atoms with van der Waals surface area (Å²) in [7, 11) is 0. The van der Waals surface area contributed by atoms with Crippen LogP contribution in [-0.4, -0.2) is 22.9 Å². The van der Waals surface area contributed by atoms with Crippen molar-refractivity contribution in [3.63, 3.8) is 0 Å². The first kappa shape index (κ1) is 16.7. The van der Waals surface area contributed by atoms with Crippen molar-refractivity contribution in [3.8, 4) is 5.75 Å². The van der Waals surface area contributed by atoms with Gasteiger partial charge in [0.1, 0.15) is 11.0 Å². The molecule has 0 radical (unpaired) electrons. The molecule has 0 saturated carbocycles. The number of ether oxygens (including phenoxy) is 1. The lowest BCUT2D eigenvalue weighted by molar-refractivity contribution is -0.136. The maximum Gasteiger partial charge on any atom is 0.317 e. The molecule has 3 nitrogen and oxygen atoms in total. The van der Waals surface area contributed by atoms with Crippen molar-refractivity contribution in [3.05, 3.63) is 59.1 Å². The molecule has 2 aromatic carbocycles. The molecule has 0 aliphatic rings. The predicted octanol–water partition coefficient (Wildman–Crippen LogP) is 4.53. The molecule has 116 valence electrons. The van der Waals surface area contributed by atoms with Crippen molar-refractivity contribution < 1.29 is 14.6 Å². The Hall–Kier alpha value is -1.65. The highest BCUT2D eigenvalue weighted by Gasteiger charge is 2.21. The van der Waals surface area contributed by atoms with Crippen LogP contribution in [0.1, 0.15) is 12.5 Å². The van der Waals surface area contributed by atoms with Gasteiger partial charge in [-0.3, -0.25) is 4.79 Å². The normalized spacial score (nSPS) is 11.9. The fraction of sp³-hybridized carbons (Fsp3) is 0.235. The summed E-state index contributed by atoms with van der Waals surface area (Å²) >= 11 is 7.17. The van der Waals surface area contributed by atoms with Gasteiger partial charge in [0.2, 0.25) is 0 Å². The van der Waals surface area contributed by atoms with Crippen LogP contribution in [0.4, 0.5) is 0 Å². The third-order valence-electron chi connectivity index (χ3n) is 3.05. The minimum atomic E-state index is -0.841. The average Bonchev–Trinajstić information content (AvgIpc) is 2.50. The summed E-state index contributed by atoms with van der Waals surface area (Å²) in [5, 5.41) is 9.54. The topological polar surface area (TPSA) is 46.5 Å². The van der Waals surface area contributed by atoms with Crippen LogP contribution in [-0.2, 0) is 11.2 Å². The van der Waals surface area contributed by atoms with E-state index in [1.807, 2.05) is 43.3 Å². The van der Waals surface area contributed by atoms with E-state index in [0.29, 0.717) is 18.1 Å². The molecule has 22 heavy (non-hydrogen) atoms. The second-order valence-electron chi connectivity index (χ2n) is 4.64. The number of carbonyl (C=O) groups is 1.